The van der Waals surface area contributed by atoms with Gasteiger partial charge in [-0.2, -0.15) is 0 Å². The number of anilines is 1. The van der Waals surface area contributed by atoms with Crippen LogP contribution in [0.3, 0.4) is 0 Å². The molecule has 1 aromatic carbocycles. The first-order chi connectivity index (χ1) is 8.71. The maximum Gasteiger partial charge on any atom is 0.146 e. The van der Waals surface area contributed by atoms with Gasteiger partial charge in [0.25, 0.3) is 0 Å². The molecule has 3 heteroatoms. The van der Waals surface area contributed by atoms with E-state index in [0.29, 0.717) is 5.54 Å². The maximum absolute atomic E-state index is 13.8. The van der Waals surface area contributed by atoms with Gasteiger partial charge in [0.2, 0.25) is 0 Å². The fourth-order valence-corrected chi connectivity index (χ4v) is 3.77. The highest BCUT2D eigenvalue weighted by Crippen LogP contribution is 2.39. The molecule has 2 saturated heterocycles. The van der Waals surface area contributed by atoms with E-state index in [-0.39, 0.29) is 5.82 Å². The van der Waals surface area contributed by atoms with E-state index in [1.807, 2.05) is 19.2 Å². The van der Waals surface area contributed by atoms with Crippen LogP contribution in [0.1, 0.15) is 25.7 Å². The smallest absolute Gasteiger partial charge is 0.146 e. The van der Waals surface area contributed by atoms with Gasteiger partial charge in [0.05, 0.1) is 5.69 Å². The Morgan fingerprint density at radius 2 is 1.89 bits per heavy atom. The van der Waals surface area contributed by atoms with E-state index in [4.69, 9.17) is 0 Å². The molecule has 2 aliphatic heterocycles. The van der Waals surface area contributed by atoms with E-state index in [2.05, 4.69) is 9.80 Å². The van der Waals surface area contributed by atoms with Gasteiger partial charge in [-0.3, -0.25) is 4.90 Å². The third kappa shape index (κ3) is 1.91. The Labute approximate surface area is 108 Å². The molecular formula is C15H21FN2. The maximum atomic E-state index is 13.8. The highest BCUT2D eigenvalue weighted by atomic mass is 19.1. The van der Waals surface area contributed by atoms with Crippen LogP contribution in [0.5, 0.6) is 0 Å². The average molecular weight is 248 g/mol. The second kappa shape index (κ2) is 4.54. The monoisotopic (exact) mass is 248 g/mol. The SMILES string of the molecule is CN(CC12CCCN1CCC2)c1ccccc1F. The Balaban J connectivity index is 1.78. The minimum atomic E-state index is -0.112. The third-order valence-corrected chi connectivity index (χ3v) is 4.61. The van der Waals surface area contributed by atoms with Crippen LogP contribution >= 0.6 is 0 Å². The zero-order valence-electron chi connectivity index (χ0n) is 11.0. The molecule has 0 radical (unpaired) electrons. The summed E-state index contributed by atoms with van der Waals surface area (Å²) in [6.45, 7) is 3.41. The Bertz CT molecular complexity index is 422. The van der Waals surface area contributed by atoms with Crippen LogP contribution in [-0.4, -0.2) is 37.1 Å². The summed E-state index contributed by atoms with van der Waals surface area (Å²) in [6, 6.07) is 7.08. The topological polar surface area (TPSA) is 6.48 Å². The van der Waals surface area contributed by atoms with Gasteiger partial charge >= 0.3 is 0 Å². The van der Waals surface area contributed by atoms with E-state index in [1.165, 1.54) is 38.8 Å². The quantitative estimate of drug-likeness (QED) is 0.811. The van der Waals surface area contributed by atoms with E-state index in [0.717, 1.165) is 12.2 Å². The van der Waals surface area contributed by atoms with Crippen LogP contribution in [-0.2, 0) is 0 Å². The molecular weight excluding hydrogens is 227 g/mol. The van der Waals surface area contributed by atoms with Crippen molar-refractivity contribution < 1.29 is 4.39 Å². The second-order valence-electron chi connectivity index (χ2n) is 5.73. The highest BCUT2D eigenvalue weighted by Gasteiger charge is 2.44. The first-order valence-electron chi connectivity index (χ1n) is 6.92. The molecule has 2 aliphatic rings. The lowest BCUT2D eigenvalue weighted by Crippen LogP contribution is -2.47. The molecule has 0 N–H and O–H groups in total. The summed E-state index contributed by atoms with van der Waals surface area (Å²) in [5.74, 6) is -0.112. The zero-order valence-corrected chi connectivity index (χ0v) is 11.0. The molecule has 0 spiro atoms. The largest absolute Gasteiger partial charge is 0.370 e. The Kier molecular flexibility index (Phi) is 3.02. The van der Waals surface area contributed by atoms with Crippen molar-refractivity contribution in [3.8, 4) is 0 Å². The van der Waals surface area contributed by atoms with Crippen LogP contribution in [0, 0.1) is 5.82 Å². The molecule has 3 rings (SSSR count). The van der Waals surface area contributed by atoms with Gasteiger partial charge in [0, 0.05) is 19.1 Å². The van der Waals surface area contributed by atoms with Crippen LogP contribution in [0.2, 0.25) is 0 Å². The molecule has 0 saturated carbocycles. The standard InChI is InChI=1S/C15H21FN2/c1-17(14-7-3-2-6-13(14)16)12-15-8-4-10-18(15)11-5-9-15/h2-3,6-7H,4-5,8-12H2,1H3. The molecule has 2 heterocycles. The van der Waals surface area contributed by atoms with Crippen molar-refractivity contribution in [2.75, 3.05) is 31.6 Å². The summed E-state index contributed by atoms with van der Waals surface area (Å²) in [5.41, 5.74) is 1.04. The Hall–Kier alpha value is -1.09. The summed E-state index contributed by atoms with van der Waals surface area (Å²) in [6.07, 6.45) is 5.13. The summed E-state index contributed by atoms with van der Waals surface area (Å²) >= 11 is 0. The highest BCUT2D eigenvalue weighted by molar-refractivity contribution is 5.47. The molecule has 2 fully saturated rings. The van der Waals surface area contributed by atoms with Gasteiger partial charge < -0.3 is 4.90 Å². The molecule has 18 heavy (non-hydrogen) atoms. The molecule has 2 nitrogen and oxygen atoms in total. The van der Waals surface area contributed by atoms with Gasteiger partial charge in [0.1, 0.15) is 5.82 Å². The van der Waals surface area contributed by atoms with Crippen molar-refractivity contribution in [3.63, 3.8) is 0 Å². The fourth-order valence-electron chi connectivity index (χ4n) is 3.77. The lowest BCUT2D eigenvalue weighted by molar-refractivity contribution is 0.201. The van der Waals surface area contributed by atoms with Crippen molar-refractivity contribution >= 4 is 5.69 Å². The molecule has 0 amide bonds. The summed E-state index contributed by atoms with van der Waals surface area (Å²) in [4.78, 5) is 4.71. The van der Waals surface area contributed by atoms with Gasteiger partial charge in [-0.25, -0.2) is 4.39 Å². The Morgan fingerprint density at radius 1 is 1.22 bits per heavy atom. The molecule has 0 unspecified atom stereocenters. The number of hydrogen-bond donors (Lipinski definition) is 0. The first-order valence-corrected chi connectivity index (χ1v) is 6.92. The van der Waals surface area contributed by atoms with Crippen LogP contribution < -0.4 is 4.90 Å². The molecule has 0 atom stereocenters. The van der Waals surface area contributed by atoms with Gasteiger partial charge in [-0.05, 0) is 50.9 Å². The number of likely N-dealkylation sites (N-methyl/N-ethyl adjacent to an activating group) is 1. The van der Waals surface area contributed by atoms with Crippen LogP contribution in [0.4, 0.5) is 10.1 Å². The number of hydrogen-bond acceptors (Lipinski definition) is 2. The lowest BCUT2D eigenvalue weighted by atomic mass is 9.93. The third-order valence-electron chi connectivity index (χ3n) is 4.61. The van der Waals surface area contributed by atoms with Crippen molar-refractivity contribution in [3.05, 3.63) is 30.1 Å². The predicted molar refractivity (Wildman–Crippen MR) is 72.4 cm³/mol. The summed E-state index contributed by atoms with van der Waals surface area (Å²) in [7, 11) is 2.02. The number of fused-ring (bicyclic) bond motifs is 1. The summed E-state index contributed by atoms with van der Waals surface area (Å²) in [5, 5.41) is 0. The minimum absolute atomic E-state index is 0.112. The lowest BCUT2D eigenvalue weighted by Gasteiger charge is -2.37. The second-order valence-corrected chi connectivity index (χ2v) is 5.73. The zero-order chi connectivity index (χ0) is 12.6. The van der Waals surface area contributed by atoms with Crippen molar-refractivity contribution in [1.29, 1.82) is 0 Å². The molecule has 98 valence electrons. The molecule has 1 aromatic rings. The van der Waals surface area contributed by atoms with Gasteiger partial charge in [-0.1, -0.05) is 12.1 Å². The van der Waals surface area contributed by atoms with Crippen LogP contribution in [0.15, 0.2) is 24.3 Å². The average Bonchev–Trinajstić information content (AvgIpc) is 2.88. The van der Waals surface area contributed by atoms with Crippen molar-refractivity contribution in [1.82, 2.24) is 4.90 Å². The Morgan fingerprint density at radius 3 is 2.56 bits per heavy atom. The van der Waals surface area contributed by atoms with Gasteiger partial charge in [0.15, 0.2) is 0 Å². The van der Waals surface area contributed by atoms with Crippen LogP contribution in [0.25, 0.3) is 0 Å². The molecule has 0 aliphatic carbocycles. The van der Waals surface area contributed by atoms with E-state index in [1.54, 1.807) is 12.1 Å². The predicted octanol–water partition coefficient (Wildman–Crippen LogP) is 2.89. The fraction of sp³-hybridized carbons (Fsp3) is 0.600. The minimum Gasteiger partial charge on any atom is -0.370 e. The molecule has 0 aromatic heterocycles. The van der Waals surface area contributed by atoms with E-state index >= 15 is 0 Å². The number of rotatable bonds is 3. The van der Waals surface area contributed by atoms with Crippen molar-refractivity contribution in [2.24, 2.45) is 0 Å². The number of halogens is 1. The first kappa shape index (κ1) is 12.0. The number of nitrogens with zero attached hydrogens (tertiary/aromatic N) is 2. The van der Waals surface area contributed by atoms with E-state index < -0.39 is 0 Å². The number of benzene rings is 1. The van der Waals surface area contributed by atoms with Gasteiger partial charge in [-0.15, -0.1) is 0 Å². The summed E-state index contributed by atoms with van der Waals surface area (Å²) < 4.78 is 13.8. The normalized spacial score (nSPS) is 22.1. The van der Waals surface area contributed by atoms with E-state index in [9.17, 15) is 4.39 Å². The molecule has 0 bridgehead atoms. The van der Waals surface area contributed by atoms with Crippen molar-refractivity contribution in [2.45, 2.75) is 31.2 Å². The number of para-hydroxylation sites is 1.